The lowest BCUT2D eigenvalue weighted by Crippen LogP contribution is -2.55. The first kappa shape index (κ1) is 12.9. The van der Waals surface area contributed by atoms with Crippen molar-refractivity contribution in [1.29, 1.82) is 0 Å². The molecule has 1 heterocycles. The van der Waals surface area contributed by atoms with Crippen molar-refractivity contribution in [2.75, 3.05) is 5.88 Å². The minimum absolute atomic E-state index is 0.103. The topological polar surface area (TPSA) is 77.2 Å². The minimum Gasteiger partial charge on any atom is -0.358 e. The third kappa shape index (κ3) is 2.08. The largest absolute Gasteiger partial charge is 0.358 e. The Hall–Kier alpha value is -1.56. The maximum absolute atomic E-state index is 12.1. The monoisotopic (exact) mass is 271 g/mol. The highest BCUT2D eigenvalue weighted by Crippen LogP contribution is 2.33. The van der Waals surface area contributed by atoms with Gasteiger partial charge < -0.3 is 15.4 Å². The molecule has 1 fully saturated rings. The maximum atomic E-state index is 12.1. The minimum atomic E-state index is -0.516. The summed E-state index contributed by atoms with van der Waals surface area (Å²) >= 11 is 5.86. The van der Waals surface area contributed by atoms with E-state index in [9.17, 15) is 14.9 Å². The van der Waals surface area contributed by atoms with Crippen LogP contribution in [-0.4, -0.2) is 26.8 Å². The second-order valence-electron chi connectivity index (χ2n) is 4.61. The van der Waals surface area contributed by atoms with Gasteiger partial charge in [-0.3, -0.25) is 4.79 Å². The first-order valence-corrected chi connectivity index (χ1v) is 6.21. The van der Waals surface area contributed by atoms with Gasteiger partial charge in [-0.15, -0.1) is 11.6 Å². The molecule has 0 bridgehead atoms. The normalized spacial score (nSPS) is 17.0. The molecule has 0 atom stereocenters. The van der Waals surface area contributed by atoms with Gasteiger partial charge in [-0.05, 0) is 30.3 Å². The molecule has 1 aliphatic rings. The lowest BCUT2D eigenvalue weighted by molar-refractivity contribution is -0.391. The molecule has 6 nitrogen and oxygen atoms in total. The van der Waals surface area contributed by atoms with Gasteiger partial charge in [-0.1, -0.05) is 0 Å². The fraction of sp³-hybridized carbons (Fsp3) is 0.545. The summed E-state index contributed by atoms with van der Waals surface area (Å²) in [6.07, 6.45) is 2.75. The standard InChI is InChI=1S/C11H14ClN3O3/c1-14-8(3-4-9(14)15(17)18)10(16)13-11(7-12)5-2-6-11/h3-4H,2,5-7H2,1H3,(H,13,16). The highest BCUT2D eigenvalue weighted by atomic mass is 35.5. The van der Waals surface area contributed by atoms with Gasteiger partial charge in [0.25, 0.3) is 5.91 Å². The zero-order chi connectivity index (χ0) is 13.3. The van der Waals surface area contributed by atoms with Crippen LogP contribution in [0.1, 0.15) is 29.8 Å². The molecule has 98 valence electrons. The number of nitrogens with one attached hydrogen (secondary N) is 1. The molecule has 7 heteroatoms. The molecule has 1 saturated carbocycles. The molecule has 0 unspecified atom stereocenters. The van der Waals surface area contributed by atoms with Gasteiger partial charge in [-0.25, -0.2) is 4.57 Å². The van der Waals surface area contributed by atoms with E-state index in [0.717, 1.165) is 19.3 Å². The SMILES string of the molecule is Cn1c(C(=O)NC2(CCl)CCC2)ccc1[N+](=O)[O-]. The molecule has 1 N–H and O–H groups in total. The van der Waals surface area contributed by atoms with Crippen molar-refractivity contribution in [3.8, 4) is 0 Å². The molecule has 1 aromatic heterocycles. The number of aromatic nitrogens is 1. The van der Waals surface area contributed by atoms with E-state index in [1.54, 1.807) is 0 Å². The molecular weight excluding hydrogens is 258 g/mol. The van der Waals surface area contributed by atoms with E-state index >= 15 is 0 Å². The van der Waals surface area contributed by atoms with Crippen molar-refractivity contribution >= 4 is 23.3 Å². The summed E-state index contributed by atoms with van der Waals surface area (Å²) in [7, 11) is 1.50. The Morgan fingerprint density at radius 2 is 2.28 bits per heavy atom. The lowest BCUT2D eigenvalue weighted by Gasteiger charge is -2.40. The summed E-state index contributed by atoms with van der Waals surface area (Å²) < 4.78 is 1.27. The average molecular weight is 272 g/mol. The number of nitrogens with zero attached hydrogens (tertiary/aromatic N) is 2. The lowest BCUT2D eigenvalue weighted by atomic mass is 9.78. The second kappa shape index (κ2) is 4.61. The average Bonchev–Trinajstić information content (AvgIpc) is 2.65. The highest BCUT2D eigenvalue weighted by molar-refractivity contribution is 6.19. The fourth-order valence-electron chi connectivity index (χ4n) is 2.11. The number of rotatable bonds is 4. The van der Waals surface area contributed by atoms with E-state index in [0.29, 0.717) is 5.88 Å². The molecule has 0 aliphatic heterocycles. The maximum Gasteiger partial charge on any atom is 0.323 e. The Morgan fingerprint density at radius 1 is 1.61 bits per heavy atom. The van der Waals surface area contributed by atoms with Crippen LogP contribution in [0, 0.1) is 10.1 Å². The molecule has 0 radical (unpaired) electrons. The molecule has 1 aromatic rings. The van der Waals surface area contributed by atoms with Crippen molar-refractivity contribution in [2.45, 2.75) is 24.8 Å². The number of hydrogen-bond donors (Lipinski definition) is 1. The number of carbonyl (C=O) groups excluding carboxylic acids is 1. The van der Waals surface area contributed by atoms with Gasteiger partial charge in [0.05, 0.1) is 12.6 Å². The van der Waals surface area contributed by atoms with Gasteiger partial charge in [0.15, 0.2) is 5.69 Å². The molecule has 1 aliphatic carbocycles. The molecule has 0 spiro atoms. The number of halogens is 1. The second-order valence-corrected chi connectivity index (χ2v) is 4.88. The molecule has 0 saturated heterocycles. The van der Waals surface area contributed by atoms with E-state index < -0.39 is 4.92 Å². The third-order valence-corrected chi connectivity index (χ3v) is 3.97. The number of alkyl halides is 1. The molecule has 1 amide bonds. The Bertz CT molecular complexity index is 488. The summed E-state index contributed by atoms with van der Waals surface area (Å²) in [5.74, 6) is -0.0507. The number of carbonyl (C=O) groups is 1. The van der Waals surface area contributed by atoms with Gasteiger partial charge in [0, 0.05) is 11.9 Å². The zero-order valence-corrected chi connectivity index (χ0v) is 10.7. The van der Waals surface area contributed by atoms with Crippen molar-refractivity contribution < 1.29 is 9.72 Å². The number of amides is 1. The molecule has 18 heavy (non-hydrogen) atoms. The van der Waals surface area contributed by atoms with Gasteiger partial charge in [0.1, 0.15) is 0 Å². The van der Waals surface area contributed by atoms with Gasteiger partial charge in [0.2, 0.25) is 0 Å². The third-order valence-electron chi connectivity index (χ3n) is 3.46. The van der Waals surface area contributed by atoms with Crippen molar-refractivity contribution in [2.24, 2.45) is 7.05 Å². The summed E-state index contributed by atoms with van der Waals surface area (Å²) in [4.78, 5) is 22.2. The smallest absolute Gasteiger partial charge is 0.323 e. The van der Waals surface area contributed by atoms with Gasteiger partial charge >= 0.3 is 5.82 Å². The zero-order valence-electron chi connectivity index (χ0n) is 9.98. The Balaban J connectivity index is 2.17. The number of nitro groups is 1. The van der Waals surface area contributed by atoms with E-state index in [1.165, 1.54) is 23.7 Å². The van der Waals surface area contributed by atoms with Crippen LogP contribution in [0.3, 0.4) is 0 Å². The van der Waals surface area contributed by atoms with E-state index in [2.05, 4.69) is 5.32 Å². The van der Waals surface area contributed by atoms with Gasteiger partial charge in [-0.2, -0.15) is 0 Å². The van der Waals surface area contributed by atoms with Crippen molar-refractivity contribution in [3.05, 3.63) is 27.9 Å². The van der Waals surface area contributed by atoms with Crippen molar-refractivity contribution in [1.82, 2.24) is 9.88 Å². The first-order valence-electron chi connectivity index (χ1n) is 5.68. The van der Waals surface area contributed by atoms with Crippen LogP contribution in [0.5, 0.6) is 0 Å². The van der Waals surface area contributed by atoms with E-state index in [1.807, 2.05) is 0 Å². The van der Waals surface area contributed by atoms with Crippen LogP contribution < -0.4 is 5.32 Å². The van der Waals surface area contributed by atoms with Crippen LogP contribution in [0.4, 0.5) is 5.82 Å². The van der Waals surface area contributed by atoms with E-state index in [-0.39, 0.29) is 23.0 Å². The van der Waals surface area contributed by atoms with Crippen LogP contribution in [0.15, 0.2) is 12.1 Å². The summed E-state index contributed by atoms with van der Waals surface area (Å²) in [6, 6.07) is 2.77. The highest BCUT2D eigenvalue weighted by Gasteiger charge is 2.38. The Labute approximate surface area is 109 Å². The van der Waals surface area contributed by atoms with E-state index in [4.69, 9.17) is 11.6 Å². The molecule has 0 aromatic carbocycles. The Kier molecular flexibility index (Phi) is 3.30. The van der Waals surface area contributed by atoms with Crippen LogP contribution >= 0.6 is 11.6 Å². The Morgan fingerprint density at radius 3 is 2.67 bits per heavy atom. The molecule has 2 rings (SSSR count). The quantitative estimate of drug-likeness (QED) is 0.515. The summed E-state index contributed by atoms with van der Waals surface area (Å²) in [5, 5.41) is 13.6. The number of hydrogen-bond acceptors (Lipinski definition) is 3. The van der Waals surface area contributed by atoms with Crippen LogP contribution in [-0.2, 0) is 7.05 Å². The predicted octanol–water partition coefficient (Wildman–Crippen LogP) is 1.82. The van der Waals surface area contributed by atoms with Crippen LogP contribution in [0.25, 0.3) is 0 Å². The molecular formula is C11H14ClN3O3. The van der Waals surface area contributed by atoms with Crippen molar-refractivity contribution in [3.63, 3.8) is 0 Å². The predicted molar refractivity (Wildman–Crippen MR) is 66.8 cm³/mol. The fourth-order valence-corrected chi connectivity index (χ4v) is 2.45. The summed E-state index contributed by atoms with van der Waals surface area (Å²) in [6.45, 7) is 0. The first-order chi connectivity index (χ1) is 8.49. The van der Waals surface area contributed by atoms with Crippen LogP contribution in [0.2, 0.25) is 0 Å². The summed E-state index contributed by atoms with van der Waals surface area (Å²) in [5.41, 5.74) is -0.0596.